The number of fused-ring (bicyclic) bond motifs is 1. The Kier molecular flexibility index (Phi) is 4.26. The minimum Gasteiger partial charge on any atom is -0.508 e. The molecule has 2 amide bonds. The van der Waals surface area contributed by atoms with E-state index in [1.165, 1.54) is 36.0 Å². The molecule has 1 aromatic heterocycles. The quantitative estimate of drug-likeness (QED) is 0.529. The Morgan fingerprint density at radius 2 is 1.77 bits per heavy atom. The number of para-hydroxylation sites is 1. The zero-order valence-corrected chi connectivity index (χ0v) is 17.1. The number of hydrogen-bond acceptors (Lipinski definition) is 7. The number of nitrogens with one attached hydrogen (secondary N) is 1. The molecular formula is C21H16N2O5S2. The van der Waals surface area contributed by atoms with Crippen molar-refractivity contribution >= 4 is 40.6 Å². The fourth-order valence-electron chi connectivity index (χ4n) is 4.29. The lowest BCUT2D eigenvalue weighted by Crippen LogP contribution is -2.43. The number of amides is 2. The molecule has 9 heteroatoms. The molecule has 0 radical (unpaired) electrons. The summed E-state index contributed by atoms with van der Waals surface area (Å²) in [7, 11) is 0. The highest BCUT2D eigenvalue weighted by atomic mass is 32.2. The predicted molar refractivity (Wildman–Crippen MR) is 113 cm³/mol. The molecule has 3 aromatic rings. The topological polar surface area (TPSA) is 111 Å². The summed E-state index contributed by atoms with van der Waals surface area (Å²) in [5.41, 5.74) is -0.229. The molecular weight excluding hydrogens is 424 g/mol. The van der Waals surface area contributed by atoms with Crippen LogP contribution in [0.2, 0.25) is 0 Å². The number of imide groups is 1. The molecule has 30 heavy (non-hydrogen) atoms. The molecule has 1 spiro atoms. The average molecular weight is 441 g/mol. The van der Waals surface area contributed by atoms with Gasteiger partial charge in [-0.1, -0.05) is 29.5 Å². The van der Waals surface area contributed by atoms with E-state index in [2.05, 4.69) is 4.98 Å². The fourth-order valence-corrected chi connectivity index (χ4v) is 6.84. The molecule has 1 saturated heterocycles. The van der Waals surface area contributed by atoms with Crippen LogP contribution in [-0.4, -0.2) is 32.8 Å². The van der Waals surface area contributed by atoms with Crippen LogP contribution in [0.1, 0.15) is 22.8 Å². The number of anilines is 1. The van der Waals surface area contributed by atoms with Crippen molar-refractivity contribution in [3.8, 4) is 11.5 Å². The number of nitrogens with zero attached hydrogens (tertiary/aromatic N) is 1. The third-order valence-electron chi connectivity index (χ3n) is 5.63. The van der Waals surface area contributed by atoms with E-state index in [0.717, 1.165) is 16.2 Å². The third kappa shape index (κ3) is 2.69. The first-order valence-corrected chi connectivity index (χ1v) is 11.0. The number of thioether (sulfide) groups is 1. The van der Waals surface area contributed by atoms with Gasteiger partial charge in [0.05, 0.1) is 16.1 Å². The number of carbonyl (C=O) groups excluding carboxylic acids is 2. The van der Waals surface area contributed by atoms with Crippen LogP contribution in [0.4, 0.5) is 5.69 Å². The third-order valence-corrected chi connectivity index (χ3v) is 7.98. The van der Waals surface area contributed by atoms with Gasteiger partial charge in [0.2, 0.25) is 11.8 Å². The fraction of sp³-hybridized carbons (Fsp3) is 0.190. The van der Waals surface area contributed by atoms with Gasteiger partial charge in [-0.25, -0.2) is 4.90 Å². The Balaban J connectivity index is 1.69. The first kappa shape index (κ1) is 19.0. The lowest BCUT2D eigenvalue weighted by atomic mass is 9.70. The summed E-state index contributed by atoms with van der Waals surface area (Å²) < 4.78 is 0. The lowest BCUT2D eigenvalue weighted by Gasteiger charge is -2.38. The number of thiazole rings is 1. The first-order valence-electron chi connectivity index (χ1n) is 9.21. The van der Waals surface area contributed by atoms with Gasteiger partial charge in [0.25, 0.3) is 0 Å². The molecule has 2 aromatic carbocycles. The SMILES string of the molecule is O=C1CC2(CSc3[nH]c(=O)sc3C2c2ccccc2O)C(=O)N1c1ccc(O)cc1. The standard InChI is InChI=1S/C21H16N2O5S2/c24-12-7-5-11(6-8-12)23-15(26)9-21(19(23)27)10-29-18-17(30-20(28)22-18)16(21)13-3-1-2-4-14(13)25/h1-8,16,24-25H,9-10H2,(H,22,28). The van der Waals surface area contributed by atoms with Crippen molar-refractivity contribution in [2.75, 3.05) is 10.7 Å². The van der Waals surface area contributed by atoms with E-state index in [1.54, 1.807) is 24.3 Å². The van der Waals surface area contributed by atoms with Gasteiger partial charge in [0.15, 0.2) is 0 Å². The molecule has 0 bridgehead atoms. The van der Waals surface area contributed by atoms with Gasteiger partial charge in [-0.05, 0) is 30.3 Å². The van der Waals surface area contributed by atoms with E-state index in [-0.39, 0.29) is 34.6 Å². The van der Waals surface area contributed by atoms with E-state index in [9.17, 15) is 24.6 Å². The van der Waals surface area contributed by atoms with Gasteiger partial charge in [-0.15, -0.1) is 11.8 Å². The number of H-pyrrole nitrogens is 1. The maximum absolute atomic E-state index is 13.8. The molecule has 2 unspecified atom stereocenters. The van der Waals surface area contributed by atoms with Gasteiger partial charge in [0, 0.05) is 28.5 Å². The van der Waals surface area contributed by atoms with Crippen molar-refractivity contribution < 1.29 is 19.8 Å². The Hall–Kier alpha value is -3.04. The average Bonchev–Trinajstić information content (AvgIpc) is 3.21. The number of phenolic OH excluding ortho intramolecular Hbond substituents is 2. The molecule has 2 aliphatic heterocycles. The van der Waals surface area contributed by atoms with Crippen molar-refractivity contribution in [1.82, 2.24) is 4.98 Å². The molecule has 0 aliphatic carbocycles. The van der Waals surface area contributed by atoms with Crippen LogP contribution in [-0.2, 0) is 9.59 Å². The number of aromatic hydroxyl groups is 2. The second-order valence-electron chi connectivity index (χ2n) is 7.37. The summed E-state index contributed by atoms with van der Waals surface area (Å²) in [6.45, 7) is 0. The minimum atomic E-state index is -1.13. The Bertz CT molecular complexity index is 1230. The number of carbonyl (C=O) groups is 2. The smallest absolute Gasteiger partial charge is 0.305 e. The number of aromatic nitrogens is 1. The number of phenols is 2. The van der Waals surface area contributed by atoms with Crippen LogP contribution >= 0.6 is 23.1 Å². The van der Waals surface area contributed by atoms with E-state index < -0.39 is 11.3 Å². The summed E-state index contributed by atoms with van der Waals surface area (Å²) in [5.74, 6) is -0.996. The normalized spacial score (nSPS) is 23.2. The van der Waals surface area contributed by atoms with Crippen LogP contribution in [0.15, 0.2) is 58.4 Å². The van der Waals surface area contributed by atoms with Gasteiger partial charge in [-0.2, -0.15) is 0 Å². The summed E-state index contributed by atoms with van der Waals surface area (Å²) in [4.78, 5) is 43.2. The zero-order valence-electron chi connectivity index (χ0n) is 15.5. The Morgan fingerprint density at radius 1 is 1.03 bits per heavy atom. The molecule has 2 aliphatic rings. The van der Waals surface area contributed by atoms with Crippen LogP contribution in [0.3, 0.4) is 0 Å². The molecule has 5 rings (SSSR count). The Morgan fingerprint density at radius 3 is 2.50 bits per heavy atom. The van der Waals surface area contributed by atoms with E-state index in [4.69, 9.17) is 0 Å². The van der Waals surface area contributed by atoms with Crippen LogP contribution in [0, 0.1) is 5.41 Å². The molecule has 0 saturated carbocycles. The molecule has 3 N–H and O–H groups in total. The summed E-state index contributed by atoms with van der Waals surface area (Å²) in [6, 6.07) is 12.6. The highest BCUT2D eigenvalue weighted by molar-refractivity contribution is 7.99. The lowest BCUT2D eigenvalue weighted by molar-refractivity contribution is -0.125. The molecule has 2 atom stereocenters. The zero-order chi connectivity index (χ0) is 21.0. The first-order chi connectivity index (χ1) is 14.4. The monoisotopic (exact) mass is 440 g/mol. The molecule has 7 nitrogen and oxygen atoms in total. The van der Waals surface area contributed by atoms with Crippen molar-refractivity contribution in [2.24, 2.45) is 5.41 Å². The minimum absolute atomic E-state index is 0.0175. The second-order valence-corrected chi connectivity index (χ2v) is 9.37. The number of rotatable bonds is 2. The second kappa shape index (κ2) is 6.75. The summed E-state index contributed by atoms with van der Waals surface area (Å²) in [5, 5.41) is 20.8. The highest BCUT2D eigenvalue weighted by Crippen LogP contribution is 2.58. The Labute approximate surface area is 179 Å². The number of hydrogen-bond donors (Lipinski definition) is 3. The summed E-state index contributed by atoms with van der Waals surface area (Å²) >= 11 is 2.36. The predicted octanol–water partition coefficient (Wildman–Crippen LogP) is 3.04. The number of benzene rings is 2. The molecule has 152 valence electrons. The van der Waals surface area contributed by atoms with Gasteiger partial charge in [-0.3, -0.25) is 14.4 Å². The van der Waals surface area contributed by atoms with Crippen molar-refractivity contribution in [3.63, 3.8) is 0 Å². The van der Waals surface area contributed by atoms with Gasteiger partial charge in [0.1, 0.15) is 11.5 Å². The summed E-state index contributed by atoms with van der Waals surface area (Å²) in [6.07, 6.45) is -0.0375. The van der Waals surface area contributed by atoms with Crippen molar-refractivity contribution in [2.45, 2.75) is 17.4 Å². The van der Waals surface area contributed by atoms with E-state index in [0.29, 0.717) is 26.9 Å². The van der Waals surface area contributed by atoms with Gasteiger partial charge >= 0.3 is 4.87 Å². The maximum Gasteiger partial charge on any atom is 0.305 e. The van der Waals surface area contributed by atoms with Crippen LogP contribution in [0.25, 0.3) is 0 Å². The molecule has 3 heterocycles. The highest BCUT2D eigenvalue weighted by Gasteiger charge is 2.60. The van der Waals surface area contributed by atoms with Crippen molar-refractivity contribution in [1.29, 1.82) is 0 Å². The van der Waals surface area contributed by atoms with Gasteiger partial charge < -0.3 is 15.2 Å². The van der Waals surface area contributed by atoms with E-state index >= 15 is 0 Å². The van der Waals surface area contributed by atoms with Crippen molar-refractivity contribution in [3.05, 3.63) is 68.6 Å². The molecule has 1 fully saturated rings. The maximum atomic E-state index is 13.8. The van der Waals surface area contributed by atoms with Crippen LogP contribution in [0.5, 0.6) is 11.5 Å². The number of aromatic amines is 1. The largest absolute Gasteiger partial charge is 0.508 e. The van der Waals surface area contributed by atoms with E-state index in [1.807, 2.05) is 0 Å². The van der Waals surface area contributed by atoms with Crippen LogP contribution < -0.4 is 9.77 Å².